The van der Waals surface area contributed by atoms with Gasteiger partial charge in [-0.2, -0.15) is 0 Å². The molecule has 0 radical (unpaired) electrons. The number of aliphatic hydroxyl groups excluding tert-OH is 1. The van der Waals surface area contributed by atoms with Crippen LogP contribution in [-0.4, -0.2) is 70.2 Å². The molecule has 306 valence electrons. The van der Waals surface area contributed by atoms with E-state index in [1.165, 1.54) is 66.5 Å². The number of aromatic nitrogens is 3. The van der Waals surface area contributed by atoms with E-state index < -0.39 is 85.5 Å². The van der Waals surface area contributed by atoms with Crippen LogP contribution in [0.3, 0.4) is 0 Å². The summed E-state index contributed by atoms with van der Waals surface area (Å²) in [5.74, 6) is -5.30. The Bertz CT molecular complexity index is 2600. The fourth-order valence-corrected chi connectivity index (χ4v) is 6.91. The number of pyridine rings is 1. The molecular formula is C40H42F2N6O9S. The Balaban J connectivity index is 1.33. The van der Waals surface area contributed by atoms with Gasteiger partial charge in [0.25, 0.3) is 27.4 Å². The van der Waals surface area contributed by atoms with Gasteiger partial charge in [0.05, 0.1) is 57.7 Å². The summed E-state index contributed by atoms with van der Waals surface area (Å²) in [6.45, 7) is 8.29. The number of amides is 2. The first-order valence-corrected chi connectivity index (χ1v) is 19.4. The third kappa shape index (κ3) is 9.46. The lowest BCUT2D eigenvalue weighted by atomic mass is 9.87. The number of carbonyl (C=O) groups excluding carboxylic acids is 3. The lowest BCUT2D eigenvalue weighted by Crippen LogP contribution is -2.46. The summed E-state index contributed by atoms with van der Waals surface area (Å²) in [6.07, 6.45) is 2.03. The van der Waals surface area contributed by atoms with Crippen LogP contribution in [0.4, 0.5) is 14.5 Å². The number of nitrogens with one attached hydrogen (secondary N) is 3. The molecule has 0 spiro atoms. The van der Waals surface area contributed by atoms with Gasteiger partial charge in [0.15, 0.2) is 0 Å². The number of anilines is 1. The van der Waals surface area contributed by atoms with Crippen LogP contribution in [0.5, 0.6) is 0 Å². The van der Waals surface area contributed by atoms with E-state index in [-0.39, 0.29) is 34.6 Å². The third-order valence-corrected chi connectivity index (χ3v) is 10.5. The second-order valence-corrected chi connectivity index (χ2v) is 16.5. The van der Waals surface area contributed by atoms with Crippen molar-refractivity contribution in [3.8, 4) is 5.69 Å². The highest BCUT2D eigenvalue weighted by atomic mass is 32.2. The van der Waals surface area contributed by atoms with E-state index in [1.54, 1.807) is 13.8 Å². The van der Waals surface area contributed by atoms with E-state index in [4.69, 9.17) is 4.74 Å². The largest absolute Gasteiger partial charge is 0.461 e. The molecule has 2 heterocycles. The summed E-state index contributed by atoms with van der Waals surface area (Å²) in [4.78, 5) is 69.0. The van der Waals surface area contributed by atoms with E-state index in [0.717, 1.165) is 16.7 Å². The monoisotopic (exact) mass is 820 g/mol. The second-order valence-electron chi connectivity index (χ2n) is 14.8. The molecule has 5 aromatic rings. The van der Waals surface area contributed by atoms with E-state index in [9.17, 15) is 37.5 Å². The molecule has 0 unspecified atom stereocenters. The number of nitrogens with zero attached hydrogens (tertiary/aromatic N) is 3. The van der Waals surface area contributed by atoms with E-state index in [1.807, 2.05) is 25.5 Å². The smallest absolute Gasteiger partial charge is 0.335 e. The van der Waals surface area contributed by atoms with E-state index in [0.29, 0.717) is 23.2 Å². The van der Waals surface area contributed by atoms with Crippen LogP contribution in [0, 0.1) is 17.0 Å². The molecule has 15 nitrogen and oxygen atoms in total. The summed E-state index contributed by atoms with van der Waals surface area (Å²) >= 11 is 0. The number of hydrogen-bond acceptors (Lipinski definition) is 10. The summed E-state index contributed by atoms with van der Waals surface area (Å²) in [6, 6.07) is 11.0. The Labute approximate surface area is 331 Å². The van der Waals surface area contributed by atoms with Gasteiger partial charge in [0.2, 0.25) is 0 Å². The van der Waals surface area contributed by atoms with Crippen LogP contribution >= 0.6 is 0 Å². The highest BCUT2D eigenvalue weighted by Gasteiger charge is 2.29. The molecular weight excluding hydrogens is 779 g/mol. The summed E-state index contributed by atoms with van der Waals surface area (Å²) in [7, 11) is -3.02. The highest BCUT2D eigenvalue weighted by molar-refractivity contribution is 7.92. The van der Waals surface area contributed by atoms with Crippen molar-refractivity contribution in [2.75, 3.05) is 11.3 Å². The van der Waals surface area contributed by atoms with E-state index >= 15 is 8.78 Å². The predicted octanol–water partition coefficient (Wildman–Crippen LogP) is 3.59. The maximum atomic E-state index is 15.4. The van der Waals surface area contributed by atoms with Gasteiger partial charge in [-0.3, -0.25) is 28.7 Å². The van der Waals surface area contributed by atoms with Crippen molar-refractivity contribution in [2.24, 2.45) is 12.5 Å². The number of carbonyl (C=O) groups is 3. The molecule has 2 atom stereocenters. The van der Waals surface area contributed by atoms with Gasteiger partial charge in [-0.25, -0.2) is 31.4 Å². The van der Waals surface area contributed by atoms with E-state index in [2.05, 4.69) is 15.6 Å². The van der Waals surface area contributed by atoms with Gasteiger partial charge >= 0.3 is 11.7 Å². The Morgan fingerprint density at radius 3 is 2.17 bits per heavy atom. The number of halogens is 2. The lowest BCUT2D eigenvalue weighted by molar-refractivity contribution is -0.149. The number of ether oxygens (including phenoxy) is 1. The maximum absolute atomic E-state index is 15.4. The molecule has 5 rings (SSSR count). The van der Waals surface area contributed by atoms with Crippen molar-refractivity contribution in [2.45, 2.75) is 64.1 Å². The van der Waals surface area contributed by atoms with Crippen molar-refractivity contribution in [1.29, 1.82) is 0 Å². The fraction of sp³-hybridized carbons (Fsp3) is 0.300. The minimum absolute atomic E-state index is 0.0879. The Kier molecular flexibility index (Phi) is 12.6. The number of sulfonamides is 1. The zero-order valence-electron chi connectivity index (χ0n) is 32.4. The van der Waals surface area contributed by atoms with Crippen molar-refractivity contribution in [3.63, 3.8) is 0 Å². The summed E-state index contributed by atoms with van der Waals surface area (Å²) in [5, 5.41) is 14.9. The molecule has 0 aliphatic rings. The maximum Gasteiger partial charge on any atom is 0.335 e. The molecule has 0 aliphatic heterocycles. The van der Waals surface area contributed by atoms with Crippen LogP contribution in [0.15, 0.2) is 93.6 Å². The van der Waals surface area contributed by atoms with Crippen LogP contribution in [-0.2, 0) is 33.0 Å². The van der Waals surface area contributed by atoms with Crippen molar-refractivity contribution in [1.82, 2.24) is 24.8 Å². The highest BCUT2D eigenvalue weighted by Crippen LogP contribution is 2.24. The first-order valence-electron chi connectivity index (χ1n) is 17.9. The second kappa shape index (κ2) is 17.1. The number of hydrogen-bond donors (Lipinski definition) is 4. The molecule has 2 amide bonds. The van der Waals surface area contributed by atoms with Gasteiger partial charge in [-0.15, -0.1) is 0 Å². The Morgan fingerprint density at radius 2 is 1.57 bits per heavy atom. The molecule has 0 saturated carbocycles. The number of esters is 1. The molecule has 0 saturated heterocycles. The topological polar surface area (TPSA) is 208 Å². The molecule has 0 fully saturated rings. The van der Waals surface area contributed by atoms with Crippen LogP contribution in [0.1, 0.15) is 60.9 Å². The molecule has 4 N–H and O–H groups in total. The zero-order valence-corrected chi connectivity index (χ0v) is 33.2. The first-order chi connectivity index (χ1) is 27.2. The van der Waals surface area contributed by atoms with Crippen molar-refractivity contribution < 1.29 is 41.4 Å². The number of aliphatic hydroxyl groups is 1. The van der Waals surface area contributed by atoms with Crippen LogP contribution in [0.2, 0.25) is 0 Å². The number of rotatable bonds is 13. The standard InChI is InChI=1S/C40H42F2N6O9S/c1-22(2)57-38(53)32(17-23-7-11-25(12-8-23)48-37(52)27-15-16-43-20-33(27)47(6)39(48)54)44-36(51)28-18-30(42)31(19-29(28)41)46-58(55,56)26-13-9-24(10-14-26)35(50)45-34(21-49)40(3,4)5/h7-16,18-20,22,32,34,46,49H,17,21H2,1-6H3,(H,44,51)(H,45,50)/t32-,34+/m0/s1. The average molecular weight is 821 g/mol. The fourth-order valence-electron chi connectivity index (χ4n) is 5.85. The van der Waals surface area contributed by atoms with Gasteiger partial charge < -0.3 is 20.5 Å². The van der Waals surface area contributed by atoms with Gasteiger partial charge in [0, 0.05) is 31.3 Å². The zero-order chi connectivity index (χ0) is 42.7. The lowest BCUT2D eigenvalue weighted by Gasteiger charge is -2.29. The van der Waals surface area contributed by atoms with Crippen molar-refractivity contribution in [3.05, 3.63) is 128 Å². The van der Waals surface area contributed by atoms with Crippen LogP contribution in [0.25, 0.3) is 16.6 Å². The molecule has 2 aromatic heterocycles. The number of fused-ring (bicyclic) bond motifs is 1. The number of aryl methyl sites for hydroxylation is 1. The van der Waals surface area contributed by atoms with Crippen molar-refractivity contribution >= 4 is 44.4 Å². The third-order valence-electron chi connectivity index (χ3n) is 9.15. The van der Waals surface area contributed by atoms with Crippen LogP contribution < -0.4 is 26.6 Å². The molecule has 0 bridgehead atoms. The van der Waals surface area contributed by atoms with Gasteiger partial charge in [-0.05, 0) is 73.4 Å². The minimum atomic E-state index is -4.52. The predicted molar refractivity (Wildman–Crippen MR) is 210 cm³/mol. The summed E-state index contributed by atoms with van der Waals surface area (Å²) < 4.78 is 66.4. The number of benzene rings is 3. The Morgan fingerprint density at radius 1 is 0.914 bits per heavy atom. The average Bonchev–Trinajstić information content (AvgIpc) is 3.16. The molecule has 58 heavy (non-hydrogen) atoms. The molecule has 0 aliphatic carbocycles. The minimum Gasteiger partial charge on any atom is -0.461 e. The first kappa shape index (κ1) is 42.9. The quantitative estimate of drug-likeness (QED) is 0.127. The molecule has 3 aromatic carbocycles. The Hall–Kier alpha value is -6.27. The molecule has 18 heteroatoms. The van der Waals surface area contributed by atoms with Gasteiger partial charge in [0.1, 0.15) is 17.7 Å². The summed E-state index contributed by atoms with van der Waals surface area (Å²) in [5.41, 5.74) is -2.22. The van der Waals surface area contributed by atoms with Gasteiger partial charge in [-0.1, -0.05) is 32.9 Å². The normalized spacial score (nSPS) is 12.9. The SMILES string of the molecule is CC(C)OC(=O)[C@H](Cc1ccc(-n2c(=O)c3ccncc3n(C)c2=O)cc1)NC(=O)c1cc(F)c(NS(=O)(=O)c2ccc(C(=O)N[C@H](CO)C(C)(C)C)cc2)cc1F.